The van der Waals surface area contributed by atoms with Crippen molar-refractivity contribution >= 4 is 23.8 Å². The van der Waals surface area contributed by atoms with Crippen molar-refractivity contribution in [3.05, 3.63) is 83.9 Å². The maximum atomic E-state index is 5.95. The van der Waals surface area contributed by atoms with Gasteiger partial charge in [-0.3, -0.25) is 9.98 Å². The van der Waals surface area contributed by atoms with E-state index in [2.05, 4.69) is 48.1 Å². The topological polar surface area (TPSA) is 43.2 Å². The normalized spacial score (nSPS) is 11.5. The largest absolute Gasteiger partial charge is 0.494 e. The number of aliphatic imine (C=N–C) groups is 2. The van der Waals surface area contributed by atoms with Crippen molar-refractivity contribution in [2.24, 2.45) is 9.98 Å². The van der Waals surface area contributed by atoms with Crippen LogP contribution in [0.25, 0.3) is 0 Å². The lowest BCUT2D eigenvalue weighted by atomic mass is 10.1. The van der Waals surface area contributed by atoms with E-state index >= 15 is 0 Å². The van der Waals surface area contributed by atoms with Crippen molar-refractivity contribution in [2.45, 2.75) is 142 Å². The van der Waals surface area contributed by atoms with E-state index in [1.165, 1.54) is 116 Å². The summed E-state index contributed by atoms with van der Waals surface area (Å²) in [5.74, 6) is 1.86. The Morgan fingerprint density at radius 3 is 0.979 bits per heavy atom. The maximum absolute atomic E-state index is 5.95. The molecule has 4 nitrogen and oxygen atoms in total. The van der Waals surface area contributed by atoms with E-state index < -0.39 is 0 Å². The number of ether oxygens (including phenoxy) is 2. The van der Waals surface area contributed by atoms with Gasteiger partial charge in [0, 0.05) is 12.4 Å². The summed E-state index contributed by atoms with van der Waals surface area (Å²) < 4.78 is 11.9. The predicted molar refractivity (Wildman–Crippen MR) is 209 cm³/mol. The second-order valence-corrected chi connectivity index (χ2v) is 13.2. The molecule has 0 bridgehead atoms. The molecule has 0 saturated carbocycles. The van der Waals surface area contributed by atoms with Gasteiger partial charge in [-0.25, -0.2) is 0 Å². The zero-order chi connectivity index (χ0) is 33.7. The molecule has 0 aliphatic carbocycles. The molecule has 0 fully saturated rings. The number of nitrogens with zero attached hydrogens (tertiary/aromatic N) is 2. The monoisotopic (exact) mass is 652 g/mol. The maximum Gasteiger partial charge on any atom is 0.119 e. The van der Waals surface area contributed by atoms with E-state index in [0.717, 1.165) is 60.1 Å². The predicted octanol–water partition coefficient (Wildman–Crippen LogP) is 13.8. The second-order valence-electron chi connectivity index (χ2n) is 13.2. The van der Waals surface area contributed by atoms with Gasteiger partial charge in [0.25, 0.3) is 0 Å². The first-order valence-corrected chi connectivity index (χ1v) is 19.4. The highest BCUT2D eigenvalue weighted by atomic mass is 16.5. The minimum absolute atomic E-state index is 0.790. The molecule has 0 N–H and O–H groups in total. The number of unbranched alkanes of at least 4 members (excludes halogenated alkanes) is 18. The van der Waals surface area contributed by atoms with Crippen LogP contribution >= 0.6 is 0 Å². The molecule has 3 rings (SSSR count). The molecule has 4 heteroatoms. The number of benzene rings is 3. The van der Waals surface area contributed by atoms with Gasteiger partial charge in [0.2, 0.25) is 0 Å². The van der Waals surface area contributed by atoms with Gasteiger partial charge in [-0.15, -0.1) is 0 Å². The van der Waals surface area contributed by atoms with Crippen LogP contribution in [-0.2, 0) is 0 Å². The smallest absolute Gasteiger partial charge is 0.119 e. The van der Waals surface area contributed by atoms with Gasteiger partial charge in [0.05, 0.1) is 24.6 Å². The third kappa shape index (κ3) is 18.8. The van der Waals surface area contributed by atoms with Gasteiger partial charge in [-0.05, 0) is 96.8 Å². The van der Waals surface area contributed by atoms with Gasteiger partial charge >= 0.3 is 0 Å². The van der Waals surface area contributed by atoms with E-state index in [1.54, 1.807) is 0 Å². The Kier molecular flexibility index (Phi) is 21.6. The standard InChI is InChI=1S/C44H64N2O2/c1-3-5-7-9-11-13-15-17-19-21-35-47-43-31-23-39(24-32-43)37-45-41-27-29-42(30-28-41)46-38-40-25-33-44(34-26-40)48-36-22-20-18-16-14-12-10-8-6-4-2/h23-34,37-38H,3-22,35-36H2,1-2H3/b45-37-,46-38-. The summed E-state index contributed by atoms with van der Waals surface area (Å²) in [4.78, 5) is 9.27. The molecular weight excluding hydrogens is 588 g/mol. The van der Waals surface area contributed by atoms with Crippen LogP contribution < -0.4 is 9.47 Å². The van der Waals surface area contributed by atoms with Crippen LogP contribution in [0.5, 0.6) is 11.5 Å². The average molecular weight is 653 g/mol. The van der Waals surface area contributed by atoms with Crippen LogP contribution in [0, 0.1) is 0 Å². The van der Waals surface area contributed by atoms with E-state index in [9.17, 15) is 0 Å². The van der Waals surface area contributed by atoms with Crippen LogP contribution in [0.4, 0.5) is 11.4 Å². The molecule has 262 valence electrons. The Hall–Kier alpha value is -3.40. The molecule has 0 atom stereocenters. The van der Waals surface area contributed by atoms with Gasteiger partial charge in [0.15, 0.2) is 0 Å². The SMILES string of the molecule is CCCCCCCCCCCCOc1ccc(/C=N\c2ccc(/N=C\c3ccc(OCCCCCCCCCCCC)cc3)cc2)cc1. The molecule has 0 aromatic heterocycles. The van der Waals surface area contributed by atoms with E-state index in [0.29, 0.717) is 0 Å². The number of hydrogen-bond donors (Lipinski definition) is 0. The van der Waals surface area contributed by atoms with Crippen molar-refractivity contribution in [1.82, 2.24) is 0 Å². The van der Waals surface area contributed by atoms with Crippen LogP contribution in [0.3, 0.4) is 0 Å². The zero-order valence-electron chi connectivity index (χ0n) is 30.4. The first kappa shape index (κ1) is 39.0. The van der Waals surface area contributed by atoms with Crippen LogP contribution in [0.1, 0.15) is 153 Å². The number of hydrogen-bond acceptors (Lipinski definition) is 4. The van der Waals surface area contributed by atoms with Crippen molar-refractivity contribution < 1.29 is 9.47 Å². The molecule has 3 aromatic rings. The molecular formula is C44H64N2O2. The van der Waals surface area contributed by atoms with Crippen LogP contribution in [-0.4, -0.2) is 25.6 Å². The highest BCUT2D eigenvalue weighted by molar-refractivity contribution is 5.83. The molecule has 3 aromatic carbocycles. The van der Waals surface area contributed by atoms with Gasteiger partial charge < -0.3 is 9.47 Å². The summed E-state index contributed by atoms with van der Waals surface area (Å²) in [5.41, 5.74) is 3.91. The molecule has 0 amide bonds. The van der Waals surface area contributed by atoms with Gasteiger partial charge in [-0.1, -0.05) is 129 Å². The molecule has 0 heterocycles. The van der Waals surface area contributed by atoms with Crippen molar-refractivity contribution in [2.75, 3.05) is 13.2 Å². The Morgan fingerprint density at radius 2 is 0.667 bits per heavy atom. The van der Waals surface area contributed by atoms with Crippen LogP contribution in [0.15, 0.2) is 82.8 Å². The Balaban J connectivity index is 1.26. The highest BCUT2D eigenvalue weighted by Gasteiger charge is 1.99. The van der Waals surface area contributed by atoms with Gasteiger partial charge in [0.1, 0.15) is 11.5 Å². The highest BCUT2D eigenvalue weighted by Crippen LogP contribution is 2.20. The van der Waals surface area contributed by atoms with Gasteiger partial charge in [-0.2, -0.15) is 0 Å². The van der Waals surface area contributed by atoms with Crippen molar-refractivity contribution in [1.29, 1.82) is 0 Å². The fourth-order valence-electron chi connectivity index (χ4n) is 5.78. The first-order valence-electron chi connectivity index (χ1n) is 19.4. The Labute approximate surface area is 293 Å². The molecule has 0 aliphatic heterocycles. The molecule has 0 spiro atoms. The minimum Gasteiger partial charge on any atom is -0.494 e. The van der Waals surface area contributed by atoms with E-state index in [-0.39, 0.29) is 0 Å². The summed E-state index contributed by atoms with van der Waals surface area (Å²) >= 11 is 0. The third-order valence-corrected chi connectivity index (χ3v) is 8.87. The third-order valence-electron chi connectivity index (χ3n) is 8.87. The van der Waals surface area contributed by atoms with E-state index in [1.807, 2.05) is 61.0 Å². The quantitative estimate of drug-likeness (QED) is 0.0578. The molecule has 0 saturated heterocycles. The summed E-state index contributed by atoms with van der Waals surface area (Å²) in [6, 6.07) is 24.4. The molecule has 0 radical (unpaired) electrons. The number of rotatable bonds is 28. The lowest BCUT2D eigenvalue weighted by molar-refractivity contribution is 0.304. The first-order chi connectivity index (χ1) is 23.8. The lowest BCUT2D eigenvalue weighted by Gasteiger charge is -2.06. The Morgan fingerprint density at radius 1 is 0.375 bits per heavy atom. The molecule has 0 unspecified atom stereocenters. The summed E-state index contributed by atoms with van der Waals surface area (Å²) in [5, 5.41) is 0. The van der Waals surface area contributed by atoms with Crippen molar-refractivity contribution in [3.8, 4) is 11.5 Å². The summed E-state index contributed by atoms with van der Waals surface area (Å²) in [6.45, 7) is 6.13. The minimum atomic E-state index is 0.790. The second kappa shape index (κ2) is 26.5. The summed E-state index contributed by atoms with van der Waals surface area (Å²) in [6.07, 6.45) is 30.6. The Bertz CT molecular complexity index is 1130. The van der Waals surface area contributed by atoms with E-state index in [4.69, 9.17) is 9.47 Å². The summed E-state index contributed by atoms with van der Waals surface area (Å²) in [7, 11) is 0. The average Bonchev–Trinajstić information content (AvgIpc) is 3.12. The lowest BCUT2D eigenvalue weighted by Crippen LogP contribution is -1.97. The fourth-order valence-corrected chi connectivity index (χ4v) is 5.78. The molecule has 48 heavy (non-hydrogen) atoms. The van der Waals surface area contributed by atoms with Crippen molar-refractivity contribution in [3.63, 3.8) is 0 Å². The van der Waals surface area contributed by atoms with Crippen LogP contribution in [0.2, 0.25) is 0 Å². The zero-order valence-corrected chi connectivity index (χ0v) is 30.4. The fraction of sp³-hybridized carbons (Fsp3) is 0.545. The molecule has 0 aliphatic rings.